The quantitative estimate of drug-likeness (QED) is 0.0910. The molecule has 0 radical (unpaired) electrons. The van der Waals surface area contributed by atoms with Crippen LogP contribution in [-0.2, 0) is 37.2 Å². The van der Waals surface area contributed by atoms with Gasteiger partial charge in [0.15, 0.2) is 0 Å². The van der Waals surface area contributed by atoms with Crippen molar-refractivity contribution >= 4 is 50.3 Å². The molecule has 0 spiro atoms. The molecular formula is C69H108B4N12O8. The van der Waals surface area contributed by atoms with Gasteiger partial charge in [-0.05, 0) is 186 Å². The molecule has 24 heteroatoms. The van der Waals surface area contributed by atoms with Crippen LogP contribution in [0.5, 0.6) is 0 Å². The second kappa shape index (κ2) is 31.1. The highest BCUT2D eigenvalue weighted by Crippen LogP contribution is 2.42. The molecule has 4 aliphatic carbocycles. The highest BCUT2D eigenvalue weighted by molar-refractivity contribution is 6.63. The van der Waals surface area contributed by atoms with E-state index < -0.39 is 0 Å². The largest absolute Gasteiger partial charge is 0.498 e. The van der Waals surface area contributed by atoms with Gasteiger partial charge in [0.1, 0.15) is 0 Å². The van der Waals surface area contributed by atoms with E-state index in [1.807, 2.05) is 91.1 Å². The van der Waals surface area contributed by atoms with Crippen LogP contribution < -0.4 is 21.9 Å². The monoisotopic (exact) mass is 1280 g/mol. The first-order valence-electron chi connectivity index (χ1n) is 34.1. The number of allylic oxidation sites excluding steroid dienone is 2. The third-order valence-corrected chi connectivity index (χ3v) is 22.1. The molecule has 504 valence electrons. The fourth-order valence-corrected chi connectivity index (χ4v) is 13.3. The Balaban J connectivity index is 0.000000169. The number of nitriles is 4. The lowest BCUT2D eigenvalue weighted by Gasteiger charge is -2.32. The van der Waals surface area contributed by atoms with E-state index in [9.17, 15) is 15.8 Å². The normalized spacial score (nSPS) is 24.0. The molecule has 8 aliphatic rings. The average molecular weight is 1280 g/mol. The molecule has 0 amide bonds. The van der Waals surface area contributed by atoms with E-state index in [4.69, 9.17) is 42.5 Å². The summed E-state index contributed by atoms with van der Waals surface area (Å²) in [5.74, 6) is 2.38. The van der Waals surface area contributed by atoms with Crippen LogP contribution in [-0.4, -0.2) is 113 Å². The van der Waals surface area contributed by atoms with E-state index >= 15 is 0 Å². The fourth-order valence-electron chi connectivity index (χ4n) is 13.3. The molecule has 93 heavy (non-hydrogen) atoms. The summed E-state index contributed by atoms with van der Waals surface area (Å²) < 4.78 is 54.1. The Morgan fingerprint density at radius 1 is 0.430 bits per heavy atom. The van der Waals surface area contributed by atoms with Gasteiger partial charge < -0.3 is 37.2 Å². The van der Waals surface area contributed by atoms with Crippen molar-refractivity contribution < 1.29 is 37.2 Å². The fraction of sp³-hybridized carbons (Fsp3) is 0.739. The van der Waals surface area contributed by atoms with Crippen LogP contribution in [0.15, 0.2) is 61.7 Å². The maximum Gasteiger partial charge on any atom is 0.498 e. The second-order valence-electron chi connectivity index (χ2n) is 30.6. The predicted octanol–water partition coefficient (Wildman–Crippen LogP) is 12.1. The zero-order chi connectivity index (χ0) is 66.9. The number of rotatable bonds is 14. The van der Waals surface area contributed by atoms with E-state index in [1.165, 1.54) is 103 Å². The second-order valence-corrected chi connectivity index (χ2v) is 30.6. The number of nitrogens with one attached hydrogen (secondary N) is 1. The molecule has 4 aromatic heterocycles. The number of hydrogen-bond acceptors (Lipinski definition) is 16. The standard InChI is InChI=1S/3C17H26BN3O2.C9H15BN2O2.C8H11N.CH4/c3*1-16(2)17(3,4)23-18(22-16)14-11-20-21(12-14)15(9-10-19)13-7-5-6-8-13;1-8(2)9(3,4)14-10(13-8)7-5-11-12-6-7;9-7-3-6-8-4-1-2-5-8;/h3*11-13,15H,5-9H2,1-4H3;5-6H,1-4H3,(H,11,12);3,6,8H,1-2,4-5H2;1H4/t2*15-;;;;/m10..../s1. The predicted molar refractivity (Wildman–Crippen MR) is 365 cm³/mol. The van der Waals surface area contributed by atoms with Gasteiger partial charge in [0.25, 0.3) is 0 Å². The molecule has 1 N–H and O–H groups in total. The number of hydrogen-bond donors (Lipinski definition) is 1. The van der Waals surface area contributed by atoms with Gasteiger partial charge in [-0.3, -0.25) is 19.1 Å². The van der Waals surface area contributed by atoms with Crippen molar-refractivity contribution in [1.29, 1.82) is 21.0 Å². The molecule has 0 aromatic carbocycles. The average Bonchev–Trinajstić information content (AvgIpc) is 1.65. The van der Waals surface area contributed by atoms with Crippen LogP contribution >= 0.6 is 0 Å². The van der Waals surface area contributed by atoms with Gasteiger partial charge in [-0.2, -0.15) is 41.4 Å². The molecule has 8 heterocycles. The molecule has 20 nitrogen and oxygen atoms in total. The summed E-state index contributed by atoms with van der Waals surface area (Å²) in [4.78, 5) is 0. The van der Waals surface area contributed by atoms with E-state index in [-0.39, 0.29) is 98.8 Å². The van der Waals surface area contributed by atoms with E-state index in [1.54, 1.807) is 18.5 Å². The summed E-state index contributed by atoms with van der Waals surface area (Å²) in [6.45, 7) is 32.7. The number of aromatic nitrogens is 8. The lowest BCUT2D eigenvalue weighted by molar-refractivity contribution is 0.00578. The number of H-pyrrole nitrogens is 1. The first-order chi connectivity index (χ1) is 43.4. The topological polar surface area (TPSA) is 251 Å². The summed E-state index contributed by atoms with van der Waals surface area (Å²) in [7, 11) is -1.47. The van der Waals surface area contributed by atoms with Crippen molar-refractivity contribution in [1.82, 2.24) is 39.5 Å². The third kappa shape index (κ3) is 17.9. The summed E-state index contributed by atoms with van der Waals surface area (Å²) >= 11 is 0. The molecule has 1 unspecified atom stereocenters. The van der Waals surface area contributed by atoms with Crippen LogP contribution in [0.4, 0.5) is 0 Å². The maximum atomic E-state index is 9.17. The van der Waals surface area contributed by atoms with Gasteiger partial charge in [0.2, 0.25) is 0 Å². The van der Waals surface area contributed by atoms with Crippen molar-refractivity contribution in [2.75, 3.05) is 0 Å². The molecule has 4 aromatic rings. The third-order valence-electron chi connectivity index (χ3n) is 22.1. The minimum atomic E-state index is -0.389. The molecule has 4 saturated carbocycles. The van der Waals surface area contributed by atoms with Crippen LogP contribution in [0.1, 0.15) is 258 Å². The summed E-state index contributed by atoms with van der Waals surface area (Å²) in [6, 6.07) is 9.48. The zero-order valence-electron chi connectivity index (χ0n) is 58.2. The van der Waals surface area contributed by atoms with Crippen LogP contribution in [0.3, 0.4) is 0 Å². The Morgan fingerprint density at radius 3 is 0.925 bits per heavy atom. The van der Waals surface area contributed by atoms with E-state index in [0.717, 1.165) is 21.9 Å². The number of nitrogens with zero attached hydrogens (tertiary/aromatic N) is 11. The minimum Gasteiger partial charge on any atom is -0.399 e. The van der Waals surface area contributed by atoms with Gasteiger partial charge in [0.05, 0.1) is 106 Å². The molecule has 12 rings (SSSR count). The van der Waals surface area contributed by atoms with Crippen molar-refractivity contribution in [2.24, 2.45) is 23.7 Å². The summed E-state index contributed by atoms with van der Waals surface area (Å²) in [5, 5.41) is 55.9. The Hall–Kier alpha value is -5.52. The van der Waals surface area contributed by atoms with Gasteiger partial charge in [-0.1, -0.05) is 64.9 Å². The highest BCUT2D eigenvalue weighted by atomic mass is 16.7. The minimum absolute atomic E-state index is 0. The Bertz CT molecular complexity index is 2880. The summed E-state index contributed by atoms with van der Waals surface area (Å²) in [6.07, 6.45) is 40.2. The van der Waals surface area contributed by atoms with Gasteiger partial charge >= 0.3 is 28.5 Å². The van der Waals surface area contributed by atoms with E-state index in [2.05, 4.69) is 127 Å². The molecule has 4 aliphatic heterocycles. The first-order valence-corrected chi connectivity index (χ1v) is 34.1. The van der Waals surface area contributed by atoms with E-state index in [0.29, 0.717) is 42.9 Å². The van der Waals surface area contributed by atoms with Crippen LogP contribution in [0, 0.1) is 69.0 Å². The Labute approximate surface area is 558 Å². The maximum absolute atomic E-state index is 9.17. The smallest absolute Gasteiger partial charge is 0.399 e. The van der Waals surface area contributed by atoms with Crippen molar-refractivity contribution in [3.63, 3.8) is 0 Å². The molecule has 4 saturated heterocycles. The molecule has 3 atom stereocenters. The lowest BCUT2D eigenvalue weighted by atomic mass is 9.82. The lowest BCUT2D eigenvalue weighted by Crippen LogP contribution is -2.41. The van der Waals surface area contributed by atoms with Gasteiger partial charge in [-0.25, -0.2) is 0 Å². The zero-order valence-corrected chi connectivity index (χ0v) is 58.2. The highest BCUT2D eigenvalue weighted by Gasteiger charge is 2.55. The Morgan fingerprint density at radius 2 is 0.688 bits per heavy atom. The van der Waals surface area contributed by atoms with Crippen molar-refractivity contribution in [3.05, 3.63) is 61.7 Å². The van der Waals surface area contributed by atoms with Crippen LogP contribution in [0.25, 0.3) is 0 Å². The Kier molecular flexibility index (Phi) is 25.1. The summed E-state index contributed by atoms with van der Waals surface area (Å²) in [5.41, 5.74) is 1.07. The SMILES string of the molecule is C.CC1(C)OB(c2cn[nH]c2)OC1(C)C.CC1(C)OB(c2cnn(C(CC#N)C3CCCC3)c2)OC1(C)C.CC1(C)OB(c2cnn([C@@H](CC#N)C3CCCC3)c2)OC1(C)C.CC1(C)OB(c2cnn([C@H](CC#N)C3CCCC3)c2)OC1(C)C.N#CC=CC1CCCC1. The first kappa shape index (κ1) is 74.9. The van der Waals surface area contributed by atoms with Crippen LogP contribution in [0.2, 0.25) is 0 Å². The molecule has 8 fully saturated rings. The van der Waals surface area contributed by atoms with Gasteiger partial charge in [0, 0.05) is 77.5 Å². The van der Waals surface area contributed by atoms with Crippen molar-refractivity contribution in [3.8, 4) is 24.3 Å². The van der Waals surface area contributed by atoms with Gasteiger partial charge in [-0.15, -0.1) is 0 Å². The molecular weight excluding hydrogens is 1170 g/mol. The molecule has 0 bridgehead atoms. The number of aromatic amines is 1. The van der Waals surface area contributed by atoms with Crippen molar-refractivity contribution in [2.45, 2.75) is 303 Å².